The van der Waals surface area contributed by atoms with Crippen molar-refractivity contribution in [3.63, 3.8) is 0 Å². The molecule has 1 N–H and O–H groups in total. The van der Waals surface area contributed by atoms with E-state index in [-0.39, 0.29) is 12.2 Å². The molecule has 106 valence electrons. The summed E-state index contributed by atoms with van der Waals surface area (Å²) in [6, 6.07) is 0. The van der Waals surface area contributed by atoms with Crippen LogP contribution in [0.1, 0.15) is 18.1 Å². The number of H-pyrrole nitrogens is 1. The smallest absolute Gasteiger partial charge is 0.466 e. The Morgan fingerprint density at radius 3 is 2.58 bits per heavy atom. The zero-order valence-corrected chi connectivity index (χ0v) is 10.3. The Morgan fingerprint density at radius 1 is 1.42 bits per heavy atom. The number of rotatable bonds is 4. The number of aryl methyl sites for hydroxylation is 1. The number of aromatic nitrogens is 1. The number of alkyl halides is 3. The van der Waals surface area contributed by atoms with E-state index in [2.05, 4.69) is 14.5 Å². The molecule has 0 aliphatic heterocycles. The summed E-state index contributed by atoms with van der Waals surface area (Å²) < 4.78 is 45.0. The molecule has 5 nitrogen and oxygen atoms in total. The van der Waals surface area contributed by atoms with Crippen LogP contribution in [0.15, 0.2) is 11.0 Å². The third kappa shape index (κ3) is 4.31. The minimum atomic E-state index is -5.01. The minimum Gasteiger partial charge on any atom is -0.466 e. The Labute approximate surface area is 106 Å². The highest BCUT2D eigenvalue weighted by Crippen LogP contribution is 2.25. The molecule has 19 heavy (non-hydrogen) atoms. The molecule has 1 heterocycles. The van der Waals surface area contributed by atoms with Gasteiger partial charge in [0.05, 0.1) is 13.0 Å². The van der Waals surface area contributed by atoms with Crippen LogP contribution >= 0.6 is 0 Å². The highest BCUT2D eigenvalue weighted by Gasteiger charge is 2.34. The molecule has 0 aliphatic rings. The number of carbonyl (C=O) groups is 1. The van der Waals surface area contributed by atoms with Gasteiger partial charge in [-0.25, -0.2) is 0 Å². The Bertz CT molecular complexity index is 522. The van der Waals surface area contributed by atoms with Gasteiger partial charge in [0.15, 0.2) is 5.75 Å². The molecule has 8 heteroatoms. The maximum atomic E-state index is 12.2. The average molecular weight is 279 g/mol. The second kappa shape index (κ2) is 5.77. The summed E-state index contributed by atoms with van der Waals surface area (Å²) in [6.45, 7) is 3.11. The van der Waals surface area contributed by atoms with Crippen LogP contribution in [0.2, 0.25) is 0 Å². The van der Waals surface area contributed by atoms with E-state index in [1.165, 1.54) is 13.1 Å². The van der Waals surface area contributed by atoms with Gasteiger partial charge in [-0.15, -0.1) is 13.2 Å². The van der Waals surface area contributed by atoms with Crippen LogP contribution in [-0.4, -0.2) is 23.9 Å². The van der Waals surface area contributed by atoms with Gasteiger partial charge in [-0.2, -0.15) is 0 Å². The number of ether oxygens (including phenoxy) is 2. The Hall–Kier alpha value is -1.99. The second-order valence-corrected chi connectivity index (χ2v) is 3.64. The highest BCUT2D eigenvalue weighted by atomic mass is 19.4. The van der Waals surface area contributed by atoms with Gasteiger partial charge in [0.1, 0.15) is 0 Å². The Balaban J connectivity index is 3.17. The molecule has 0 bridgehead atoms. The SMILES string of the molecule is CCOC(=O)Cc1c(C)c[nH]c(=O)c1OC(F)(F)F. The molecule has 0 aromatic carbocycles. The number of pyridine rings is 1. The zero-order valence-electron chi connectivity index (χ0n) is 10.3. The van der Waals surface area contributed by atoms with Crippen LogP contribution in [0.4, 0.5) is 13.2 Å². The molecule has 1 aromatic rings. The zero-order chi connectivity index (χ0) is 14.6. The number of hydrogen-bond donors (Lipinski definition) is 1. The monoisotopic (exact) mass is 279 g/mol. The quantitative estimate of drug-likeness (QED) is 0.851. The van der Waals surface area contributed by atoms with Crippen molar-refractivity contribution in [1.82, 2.24) is 4.98 Å². The topological polar surface area (TPSA) is 68.4 Å². The van der Waals surface area contributed by atoms with Crippen LogP contribution < -0.4 is 10.3 Å². The molecule has 0 saturated carbocycles. The fourth-order valence-corrected chi connectivity index (χ4v) is 1.44. The van der Waals surface area contributed by atoms with E-state index in [4.69, 9.17) is 0 Å². The van der Waals surface area contributed by atoms with Crippen molar-refractivity contribution >= 4 is 5.97 Å². The van der Waals surface area contributed by atoms with Crippen LogP contribution in [0, 0.1) is 6.92 Å². The maximum Gasteiger partial charge on any atom is 0.573 e. The lowest BCUT2D eigenvalue weighted by molar-refractivity contribution is -0.275. The van der Waals surface area contributed by atoms with Gasteiger partial charge in [-0.05, 0) is 19.4 Å². The lowest BCUT2D eigenvalue weighted by Crippen LogP contribution is -2.25. The summed E-state index contributed by atoms with van der Waals surface area (Å²) in [6.07, 6.45) is -4.26. The fraction of sp³-hybridized carbons (Fsp3) is 0.455. The maximum absolute atomic E-state index is 12.2. The van der Waals surface area contributed by atoms with E-state index < -0.39 is 30.1 Å². The first-order valence-electron chi connectivity index (χ1n) is 5.37. The van der Waals surface area contributed by atoms with Gasteiger partial charge < -0.3 is 14.5 Å². The summed E-state index contributed by atoms with van der Waals surface area (Å²) in [5.74, 6) is -1.66. The van der Waals surface area contributed by atoms with Crippen LogP contribution in [0.3, 0.4) is 0 Å². The van der Waals surface area contributed by atoms with Gasteiger partial charge in [0.25, 0.3) is 5.56 Å². The van der Waals surface area contributed by atoms with Crippen molar-refractivity contribution in [2.24, 2.45) is 0 Å². The molecular weight excluding hydrogens is 267 g/mol. The lowest BCUT2D eigenvalue weighted by Gasteiger charge is -2.13. The van der Waals surface area contributed by atoms with Crippen molar-refractivity contribution in [3.8, 4) is 5.75 Å². The number of aromatic amines is 1. The number of halogens is 3. The molecule has 0 unspecified atom stereocenters. The standard InChI is InChI=1S/C11H12F3NO4/c1-3-18-8(16)4-7-6(2)5-15-10(17)9(7)19-11(12,13)14/h5H,3-4H2,1-2H3,(H,15,17). The van der Waals surface area contributed by atoms with Gasteiger partial charge in [0, 0.05) is 11.8 Å². The molecule has 0 radical (unpaired) electrons. The van der Waals surface area contributed by atoms with Gasteiger partial charge in [0.2, 0.25) is 0 Å². The van der Waals surface area contributed by atoms with E-state index in [1.54, 1.807) is 6.92 Å². The normalized spacial score (nSPS) is 11.2. The van der Waals surface area contributed by atoms with E-state index in [0.717, 1.165) is 0 Å². The second-order valence-electron chi connectivity index (χ2n) is 3.64. The van der Waals surface area contributed by atoms with Crippen molar-refractivity contribution in [2.45, 2.75) is 26.6 Å². The first-order valence-corrected chi connectivity index (χ1v) is 5.37. The molecule has 1 rings (SSSR count). The largest absolute Gasteiger partial charge is 0.573 e. The van der Waals surface area contributed by atoms with Crippen molar-refractivity contribution in [1.29, 1.82) is 0 Å². The van der Waals surface area contributed by atoms with Crippen molar-refractivity contribution in [3.05, 3.63) is 27.7 Å². The Morgan fingerprint density at radius 2 is 2.05 bits per heavy atom. The first-order chi connectivity index (χ1) is 8.74. The predicted octanol–water partition coefficient (Wildman–Crippen LogP) is 1.69. The number of carbonyl (C=O) groups excluding carboxylic acids is 1. The Kier molecular flexibility index (Phi) is 4.57. The molecule has 0 aliphatic carbocycles. The average Bonchev–Trinajstić information content (AvgIpc) is 2.27. The number of hydrogen-bond acceptors (Lipinski definition) is 4. The van der Waals surface area contributed by atoms with E-state index in [1.807, 2.05) is 0 Å². The van der Waals surface area contributed by atoms with Gasteiger partial charge >= 0.3 is 12.3 Å². The predicted molar refractivity (Wildman–Crippen MR) is 58.8 cm³/mol. The minimum absolute atomic E-state index is 0.0938. The molecule has 0 fully saturated rings. The number of nitrogens with one attached hydrogen (secondary N) is 1. The summed E-state index contributed by atoms with van der Waals surface area (Å²) >= 11 is 0. The molecule has 0 atom stereocenters. The van der Waals surface area contributed by atoms with E-state index in [9.17, 15) is 22.8 Å². The molecule has 0 spiro atoms. The molecular formula is C11H12F3NO4. The summed E-state index contributed by atoms with van der Waals surface area (Å²) in [5.41, 5.74) is -0.895. The summed E-state index contributed by atoms with van der Waals surface area (Å²) in [7, 11) is 0. The fourth-order valence-electron chi connectivity index (χ4n) is 1.44. The van der Waals surface area contributed by atoms with Crippen LogP contribution in [0.25, 0.3) is 0 Å². The third-order valence-corrected chi connectivity index (χ3v) is 2.22. The van der Waals surface area contributed by atoms with E-state index in [0.29, 0.717) is 5.56 Å². The molecule has 0 amide bonds. The number of esters is 1. The summed E-state index contributed by atoms with van der Waals surface area (Å²) in [4.78, 5) is 24.8. The first kappa shape index (κ1) is 15.1. The van der Waals surface area contributed by atoms with Crippen LogP contribution in [-0.2, 0) is 16.0 Å². The molecule has 0 saturated heterocycles. The lowest BCUT2D eigenvalue weighted by atomic mass is 10.1. The van der Waals surface area contributed by atoms with Crippen LogP contribution in [0.5, 0.6) is 5.75 Å². The van der Waals surface area contributed by atoms with Crippen molar-refractivity contribution in [2.75, 3.05) is 6.61 Å². The third-order valence-electron chi connectivity index (χ3n) is 2.22. The summed E-state index contributed by atoms with van der Waals surface area (Å²) in [5, 5.41) is 0. The van der Waals surface area contributed by atoms with E-state index >= 15 is 0 Å². The highest BCUT2D eigenvalue weighted by molar-refractivity contribution is 5.74. The van der Waals surface area contributed by atoms with Gasteiger partial charge in [-0.3, -0.25) is 9.59 Å². The van der Waals surface area contributed by atoms with Crippen molar-refractivity contribution < 1.29 is 27.4 Å². The van der Waals surface area contributed by atoms with Gasteiger partial charge in [-0.1, -0.05) is 0 Å². The molecule has 1 aromatic heterocycles.